The molecular formula is C24H29FN4O3. The summed E-state index contributed by atoms with van der Waals surface area (Å²) in [6.45, 7) is 7.00. The lowest BCUT2D eigenvalue weighted by Crippen LogP contribution is -2.37. The van der Waals surface area contributed by atoms with Crippen LogP contribution >= 0.6 is 0 Å². The number of nitrogens with one attached hydrogen (secondary N) is 1. The number of ether oxygens (including phenoxy) is 3. The van der Waals surface area contributed by atoms with Gasteiger partial charge in [0, 0.05) is 36.8 Å². The Morgan fingerprint density at radius 2 is 1.97 bits per heavy atom. The number of nitrogens with zero attached hydrogens (tertiary/aromatic N) is 3. The zero-order chi connectivity index (χ0) is 22.3. The number of halogens is 1. The van der Waals surface area contributed by atoms with Gasteiger partial charge in [-0.3, -0.25) is 4.90 Å². The molecule has 0 unspecified atom stereocenters. The van der Waals surface area contributed by atoms with Crippen molar-refractivity contribution in [1.82, 2.24) is 14.9 Å². The van der Waals surface area contributed by atoms with Gasteiger partial charge in [-0.15, -0.1) is 0 Å². The molecule has 1 N–H and O–H groups in total. The van der Waals surface area contributed by atoms with Crippen LogP contribution in [0.25, 0.3) is 10.9 Å². The van der Waals surface area contributed by atoms with Crippen molar-refractivity contribution in [3.63, 3.8) is 0 Å². The largest absolute Gasteiger partial charge is 0.493 e. The number of morpholine rings is 1. The average Bonchev–Trinajstić information content (AvgIpc) is 2.83. The summed E-state index contributed by atoms with van der Waals surface area (Å²) in [6, 6.07) is 8.72. The molecule has 0 spiro atoms. The predicted molar refractivity (Wildman–Crippen MR) is 123 cm³/mol. The molecule has 2 aromatic carbocycles. The lowest BCUT2D eigenvalue weighted by molar-refractivity contribution is 0.0357. The van der Waals surface area contributed by atoms with Gasteiger partial charge in [-0.25, -0.2) is 14.4 Å². The number of aromatic nitrogens is 2. The second-order valence-electron chi connectivity index (χ2n) is 7.68. The van der Waals surface area contributed by atoms with Crippen LogP contribution in [0.1, 0.15) is 18.9 Å². The van der Waals surface area contributed by atoms with E-state index in [1.807, 2.05) is 19.1 Å². The number of rotatable bonds is 9. The molecule has 0 atom stereocenters. The highest BCUT2D eigenvalue weighted by Crippen LogP contribution is 2.35. The third-order valence-corrected chi connectivity index (χ3v) is 5.59. The molecule has 0 saturated carbocycles. The van der Waals surface area contributed by atoms with Gasteiger partial charge in [0.15, 0.2) is 11.5 Å². The lowest BCUT2D eigenvalue weighted by atomic mass is 10.1. The van der Waals surface area contributed by atoms with E-state index in [1.165, 1.54) is 12.4 Å². The first-order chi connectivity index (χ1) is 15.7. The van der Waals surface area contributed by atoms with E-state index >= 15 is 0 Å². The van der Waals surface area contributed by atoms with Crippen molar-refractivity contribution in [2.24, 2.45) is 0 Å². The third-order valence-electron chi connectivity index (χ3n) is 5.59. The number of methoxy groups -OCH3 is 1. The highest BCUT2D eigenvalue weighted by molar-refractivity contribution is 5.93. The standard InChI is InChI=1S/C24H29FN4O3/c1-3-17-13-18(5-6-20(17)25)28-24-19-14-23(22(30-2)15-21(19)26-16-27-24)32-10-4-7-29-8-11-31-12-9-29/h5-6,13-16H,3-4,7-12H2,1-2H3,(H,26,27,28). The van der Waals surface area contributed by atoms with Gasteiger partial charge in [0.05, 0.1) is 32.4 Å². The first-order valence-electron chi connectivity index (χ1n) is 11.0. The molecule has 2 heterocycles. The molecule has 170 valence electrons. The van der Waals surface area contributed by atoms with E-state index in [0.717, 1.165) is 55.9 Å². The summed E-state index contributed by atoms with van der Waals surface area (Å²) in [5, 5.41) is 4.10. The Balaban J connectivity index is 1.51. The van der Waals surface area contributed by atoms with Gasteiger partial charge in [-0.2, -0.15) is 0 Å². The molecule has 0 bridgehead atoms. The van der Waals surface area contributed by atoms with E-state index in [2.05, 4.69) is 20.2 Å². The first kappa shape index (κ1) is 22.2. The monoisotopic (exact) mass is 440 g/mol. The van der Waals surface area contributed by atoms with Crippen molar-refractivity contribution in [3.8, 4) is 11.5 Å². The molecule has 0 radical (unpaired) electrons. The fourth-order valence-corrected chi connectivity index (χ4v) is 3.79. The van der Waals surface area contributed by atoms with E-state index in [1.54, 1.807) is 19.2 Å². The van der Waals surface area contributed by atoms with Gasteiger partial charge in [0.2, 0.25) is 0 Å². The Kier molecular flexibility index (Phi) is 7.34. The van der Waals surface area contributed by atoms with E-state index in [9.17, 15) is 4.39 Å². The second-order valence-corrected chi connectivity index (χ2v) is 7.68. The van der Waals surface area contributed by atoms with Crippen LogP contribution in [0.2, 0.25) is 0 Å². The summed E-state index contributed by atoms with van der Waals surface area (Å²) < 4.78 is 30.9. The van der Waals surface area contributed by atoms with Gasteiger partial charge in [0.1, 0.15) is 18.0 Å². The van der Waals surface area contributed by atoms with Crippen LogP contribution in [0.3, 0.4) is 0 Å². The minimum Gasteiger partial charge on any atom is -0.493 e. The van der Waals surface area contributed by atoms with E-state index < -0.39 is 0 Å². The van der Waals surface area contributed by atoms with Crippen LogP contribution in [-0.2, 0) is 11.2 Å². The van der Waals surface area contributed by atoms with Crippen molar-refractivity contribution in [2.75, 3.05) is 51.9 Å². The fourth-order valence-electron chi connectivity index (χ4n) is 3.79. The van der Waals surface area contributed by atoms with Gasteiger partial charge in [0.25, 0.3) is 0 Å². The van der Waals surface area contributed by atoms with Crippen molar-refractivity contribution in [1.29, 1.82) is 0 Å². The Morgan fingerprint density at radius 1 is 1.12 bits per heavy atom. The molecule has 8 heteroatoms. The number of benzene rings is 2. The Bertz CT molecular complexity index is 1060. The molecule has 4 rings (SSSR count). The van der Waals surface area contributed by atoms with Gasteiger partial charge < -0.3 is 19.5 Å². The van der Waals surface area contributed by atoms with Crippen LogP contribution in [-0.4, -0.2) is 61.4 Å². The SMILES string of the molecule is CCc1cc(Nc2ncnc3cc(OC)c(OCCCN4CCOCC4)cc23)ccc1F. The number of aryl methyl sites for hydroxylation is 1. The summed E-state index contributed by atoms with van der Waals surface area (Å²) in [5.74, 6) is 1.70. The Hall–Kier alpha value is -2.97. The van der Waals surface area contributed by atoms with Crippen molar-refractivity contribution >= 4 is 22.4 Å². The van der Waals surface area contributed by atoms with Crippen molar-refractivity contribution in [3.05, 3.63) is 48.0 Å². The van der Waals surface area contributed by atoms with Gasteiger partial charge >= 0.3 is 0 Å². The number of anilines is 2. The molecule has 7 nitrogen and oxygen atoms in total. The predicted octanol–water partition coefficient (Wildman–Crippen LogP) is 4.18. The minimum atomic E-state index is -0.205. The van der Waals surface area contributed by atoms with Crippen LogP contribution in [0.5, 0.6) is 11.5 Å². The molecule has 0 aliphatic carbocycles. The maximum absolute atomic E-state index is 13.9. The minimum absolute atomic E-state index is 0.205. The smallest absolute Gasteiger partial charge is 0.162 e. The zero-order valence-electron chi connectivity index (χ0n) is 18.6. The summed E-state index contributed by atoms with van der Waals surface area (Å²) in [7, 11) is 1.62. The number of fused-ring (bicyclic) bond motifs is 1. The molecule has 1 fully saturated rings. The summed E-state index contributed by atoms with van der Waals surface area (Å²) in [6.07, 6.45) is 3.02. The second kappa shape index (κ2) is 10.6. The summed E-state index contributed by atoms with van der Waals surface area (Å²) >= 11 is 0. The summed E-state index contributed by atoms with van der Waals surface area (Å²) in [5.41, 5.74) is 2.16. The molecule has 1 aromatic heterocycles. The first-order valence-corrected chi connectivity index (χ1v) is 11.0. The molecule has 1 aliphatic rings. The van der Waals surface area contributed by atoms with Crippen LogP contribution in [0.4, 0.5) is 15.9 Å². The highest BCUT2D eigenvalue weighted by Gasteiger charge is 2.14. The normalized spacial score (nSPS) is 14.5. The zero-order valence-corrected chi connectivity index (χ0v) is 18.6. The number of hydrogen-bond donors (Lipinski definition) is 1. The topological polar surface area (TPSA) is 68.7 Å². The Morgan fingerprint density at radius 3 is 2.75 bits per heavy atom. The van der Waals surface area contributed by atoms with Crippen molar-refractivity contribution in [2.45, 2.75) is 19.8 Å². The molecular weight excluding hydrogens is 411 g/mol. The lowest BCUT2D eigenvalue weighted by Gasteiger charge is -2.26. The quantitative estimate of drug-likeness (QED) is 0.501. The maximum Gasteiger partial charge on any atom is 0.162 e. The van der Waals surface area contributed by atoms with Crippen LogP contribution < -0.4 is 14.8 Å². The number of hydrogen-bond acceptors (Lipinski definition) is 7. The Labute approximate surface area is 187 Å². The maximum atomic E-state index is 13.9. The van der Waals surface area contributed by atoms with Crippen LogP contribution in [0, 0.1) is 5.82 Å². The molecule has 32 heavy (non-hydrogen) atoms. The highest BCUT2D eigenvalue weighted by atomic mass is 19.1. The summed E-state index contributed by atoms with van der Waals surface area (Å²) in [4.78, 5) is 11.2. The third kappa shape index (κ3) is 5.26. The molecule has 3 aromatic rings. The average molecular weight is 441 g/mol. The molecule has 0 amide bonds. The van der Waals surface area contributed by atoms with E-state index in [-0.39, 0.29) is 5.82 Å². The fraction of sp³-hybridized carbons (Fsp3) is 0.417. The van der Waals surface area contributed by atoms with E-state index in [0.29, 0.717) is 35.9 Å². The van der Waals surface area contributed by atoms with Gasteiger partial charge in [-0.1, -0.05) is 6.92 Å². The molecule has 1 saturated heterocycles. The van der Waals surface area contributed by atoms with E-state index in [4.69, 9.17) is 14.2 Å². The van der Waals surface area contributed by atoms with Crippen LogP contribution in [0.15, 0.2) is 36.7 Å². The van der Waals surface area contributed by atoms with Gasteiger partial charge in [-0.05, 0) is 42.7 Å². The molecule has 1 aliphatic heterocycles. The van der Waals surface area contributed by atoms with Crippen molar-refractivity contribution < 1.29 is 18.6 Å².